The Morgan fingerprint density at radius 2 is 1.96 bits per heavy atom. The Morgan fingerprint density at radius 3 is 2.54 bits per heavy atom. The second-order valence-corrected chi connectivity index (χ2v) is 6.05. The third kappa shape index (κ3) is 5.61. The highest BCUT2D eigenvalue weighted by Crippen LogP contribution is 2.38. The lowest BCUT2D eigenvalue weighted by atomic mass is 10.2. The highest BCUT2D eigenvalue weighted by molar-refractivity contribution is 7.99. The van der Waals surface area contributed by atoms with Gasteiger partial charge in [-0.15, -0.1) is 0 Å². The molecule has 12 heteroatoms. The van der Waals surface area contributed by atoms with E-state index in [1.54, 1.807) is 12.1 Å². The minimum Gasteiger partial charge on any atom is -0.493 e. The minimum atomic E-state index is -0.718. The second-order valence-electron chi connectivity index (χ2n) is 5.08. The SMILES string of the molecule is CCOc1c(OC)cc(/C=N/NC(=O)CSc2n[nH]c(=O)[nH]c2=O)cc1OC. The average Bonchev–Trinajstić information content (AvgIpc) is 2.68. The summed E-state index contributed by atoms with van der Waals surface area (Å²) in [4.78, 5) is 36.3. The van der Waals surface area contributed by atoms with Gasteiger partial charge in [0.15, 0.2) is 16.5 Å². The Balaban J connectivity index is 2.00. The van der Waals surface area contributed by atoms with Gasteiger partial charge in [-0.05, 0) is 19.1 Å². The summed E-state index contributed by atoms with van der Waals surface area (Å²) >= 11 is 0.862. The minimum absolute atomic E-state index is 0.0280. The van der Waals surface area contributed by atoms with Crippen molar-refractivity contribution >= 4 is 23.9 Å². The van der Waals surface area contributed by atoms with Crippen LogP contribution in [-0.4, -0.2) is 53.9 Å². The molecular formula is C16H19N5O6S. The molecule has 2 aromatic rings. The summed E-state index contributed by atoms with van der Waals surface area (Å²) in [5.41, 5.74) is 1.56. The van der Waals surface area contributed by atoms with Crippen LogP contribution in [0.3, 0.4) is 0 Å². The molecule has 0 bridgehead atoms. The molecular weight excluding hydrogens is 390 g/mol. The fourth-order valence-corrected chi connectivity index (χ4v) is 2.67. The number of methoxy groups -OCH3 is 2. The van der Waals surface area contributed by atoms with Gasteiger partial charge in [-0.2, -0.15) is 10.2 Å². The Hall–Kier alpha value is -3.28. The lowest BCUT2D eigenvalue weighted by Crippen LogP contribution is -2.26. The van der Waals surface area contributed by atoms with E-state index in [0.717, 1.165) is 11.8 Å². The number of thioether (sulfide) groups is 1. The van der Waals surface area contributed by atoms with Crippen LogP contribution in [0.5, 0.6) is 17.2 Å². The lowest BCUT2D eigenvalue weighted by Gasteiger charge is -2.14. The van der Waals surface area contributed by atoms with E-state index in [0.29, 0.717) is 29.4 Å². The number of benzene rings is 1. The molecule has 0 radical (unpaired) electrons. The largest absolute Gasteiger partial charge is 0.493 e. The normalized spacial score (nSPS) is 10.7. The maximum absolute atomic E-state index is 11.8. The number of hydrogen-bond donors (Lipinski definition) is 3. The van der Waals surface area contributed by atoms with E-state index in [1.165, 1.54) is 20.4 Å². The zero-order valence-electron chi connectivity index (χ0n) is 15.4. The summed E-state index contributed by atoms with van der Waals surface area (Å²) in [6.07, 6.45) is 1.41. The van der Waals surface area contributed by atoms with Crippen molar-refractivity contribution in [2.45, 2.75) is 11.9 Å². The molecule has 0 saturated heterocycles. The first-order chi connectivity index (χ1) is 13.5. The molecule has 0 fully saturated rings. The van der Waals surface area contributed by atoms with Crippen LogP contribution in [0.15, 0.2) is 31.8 Å². The molecule has 11 nitrogen and oxygen atoms in total. The number of H-pyrrole nitrogens is 2. The molecule has 3 N–H and O–H groups in total. The number of amides is 1. The summed E-state index contributed by atoms with van der Waals surface area (Å²) in [7, 11) is 3.01. The number of ether oxygens (including phenoxy) is 3. The van der Waals surface area contributed by atoms with Crippen LogP contribution in [0.4, 0.5) is 0 Å². The predicted octanol–water partition coefficient (Wildman–Crippen LogP) is 0.117. The summed E-state index contributed by atoms with van der Waals surface area (Å²) < 4.78 is 16.1. The Labute approximate surface area is 163 Å². The predicted molar refractivity (Wildman–Crippen MR) is 103 cm³/mol. The highest BCUT2D eigenvalue weighted by Gasteiger charge is 2.13. The number of hydrogen-bond acceptors (Lipinski definition) is 9. The number of hydrazone groups is 1. The summed E-state index contributed by atoms with van der Waals surface area (Å²) in [6.45, 7) is 2.29. The van der Waals surface area contributed by atoms with Gasteiger partial charge in [-0.3, -0.25) is 14.6 Å². The first kappa shape index (κ1) is 21.0. The zero-order valence-corrected chi connectivity index (χ0v) is 16.2. The summed E-state index contributed by atoms with van der Waals surface area (Å²) in [6, 6.07) is 3.36. The van der Waals surface area contributed by atoms with E-state index < -0.39 is 17.2 Å². The van der Waals surface area contributed by atoms with Crippen molar-refractivity contribution in [3.63, 3.8) is 0 Å². The van der Waals surface area contributed by atoms with Crippen LogP contribution in [0.25, 0.3) is 0 Å². The monoisotopic (exact) mass is 409 g/mol. The fraction of sp³-hybridized carbons (Fsp3) is 0.312. The van der Waals surface area contributed by atoms with E-state index in [9.17, 15) is 14.4 Å². The molecule has 1 aromatic heterocycles. The van der Waals surface area contributed by atoms with Crippen LogP contribution in [0.1, 0.15) is 12.5 Å². The Bertz CT molecular complexity index is 945. The molecule has 0 aliphatic rings. The highest BCUT2D eigenvalue weighted by atomic mass is 32.2. The first-order valence-corrected chi connectivity index (χ1v) is 8.99. The molecule has 28 heavy (non-hydrogen) atoms. The molecule has 150 valence electrons. The lowest BCUT2D eigenvalue weighted by molar-refractivity contribution is -0.118. The van der Waals surface area contributed by atoms with E-state index in [2.05, 4.69) is 20.7 Å². The van der Waals surface area contributed by atoms with Gasteiger partial charge in [0.2, 0.25) is 11.7 Å². The Morgan fingerprint density at radius 1 is 1.29 bits per heavy atom. The van der Waals surface area contributed by atoms with E-state index >= 15 is 0 Å². The van der Waals surface area contributed by atoms with Gasteiger partial charge in [0.1, 0.15) is 0 Å². The van der Waals surface area contributed by atoms with Gasteiger partial charge in [-0.1, -0.05) is 11.8 Å². The van der Waals surface area contributed by atoms with Crippen LogP contribution in [0.2, 0.25) is 0 Å². The Kier molecular flexibility index (Phi) is 7.63. The van der Waals surface area contributed by atoms with Crippen molar-refractivity contribution in [3.05, 3.63) is 38.5 Å². The van der Waals surface area contributed by atoms with E-state index in [-0.39, 0.29) is 10.8 Å². The number of rotatable bonds is 9. The summed E-state index contributed by atoms with van der Waals surface area (Å²) in [5, 5.41) is 9.48. The van der Waals surface area contributed by atoms with Crippen LogP contribution < -0.4 is 30.9 Å². The van der Waals surface area contributed by atoms with Crippen molar-refractivity contribution in [3.8, 4) is 17.2 Å². The quantitative estimate of drug-likeness (QED) is 0.300. The molecule has 0 aliphatic carbocycles. The molecule has 0 atom stereocenters. The number of carbonyl (C=O) groups is 1. The van der Waals surface area contributed by atoms with Crippen molar-refractivity contribution in [1.29, 1.82) is 0 Å². The smallest absolute Gasteiger partial charge is 0.342 e. The van der Waals surface area contributed by atoms with Gasteiger partial charge in [-0.25, -0.2) is 15.3 Å². The number of carbonyl (C=O) groups excluding carboxylic acids is 1. The first-order valence-electron chi connectivity index (χ1n) is 8.01. The fourth-order valence-electron chi connectivity index (χ4n) is 2.04. The standard InChI is InChI=1S/C16H19N5O6S/c1-4-27-13-10(25-2)5-9(6-11(13)26-3)7-17-19-12(22)8-28-15-14(23)18-16(24)21-20-15/h5-7H,4,8H2,1-3H3,(H,19,22)(H2,18,21,23,24)/b17-7+. The maximum atomic E-state index is 11.8. The van der Waals surface area contributed by atoms with E-state index in [4.69, 9.17) is 14.2 Å². The molecule has 1 amide bonds. The van der Waals surface area contributed by atoms with Gasteiger partial charge < -0.3 is 14.2 Å². The third-order valence-electron chi connectivity index (χ3n) is 3.19. The van der Waals surface area contributed by atoms with E-state index in [1.807, 2.05) is 11.9 Å². The maximum Gasteiger partial charge on any atom is 0.342 e. The molecule has 0 aliphatic heterocycles. The van der Waals surface area contributed by atoms with Crippen molar-refractivity contribution in [2.75, 3.05) is 26.6 Å². The van der Waals surface area contributed by atoms with Gasteiger partial charge in [0, 0.05) is 5.56 Å². The molecule has 0 saturated carbocycles. The number of aromatic nitrogens is 3. The number of nitrogens with zero attached hydrogens (tertiary/aromatic N) is 2. The topological polar surface area (TPSA) is 148 Å². The molecule has 1 heterocycles. The van der Waals surface area contributed by atoms with Crippen molar-refractivity contribution < 1.29 is 19.0 Å². The van der Waals surface area contributed by atoms with Crippen molar-refractivity contribution in [2.24, 2.45) is 5.10 Å². The van der Waals surface area contributed by atoms with Gasteiger partial charge in [0.05, 0.1) is 32.8 Å². The number of nitrogens with one attached hydrogen (secondary N) is 3. The van der Waals surface area contributed by atoms with Gasteiger partial charge >= 0.3 is 5.69 Å². The molecule has 2 rings (SSSR count). The second kappa shape index (κ2) is 10.2. The van der Waals surface area contributed by atoms with Crippen LogP contribution >= 0.6 is 11.8 Å². The summed E-state index contributed by atoms with van der Waals surface area (Å²) in [5.74, 6) is 0.832. The van der Waals surface area contributed by atoms with Crippen LogP contribution in [-0.2, 0) is 4.79 Å². The molecule has 1 aromatic carbocycles. The zero-order chi connectivity index (χ0) is 20.5. The third-order valence-corrected chi connectivity index (χ3v) is 4.15. The molecule has 0 spiro atoms. The van der Waals surface area contributed by atoms with Crippen LogP contribution in [0, 0.1) is 0 Å². The number of aromatic amines is 2. The van der Waals surface area contributed by atoms with Crippen molar-refractivity contribution in [1.82, 2.24) is 20.6 Å². The van der Waals surface area contributed by atoms with Gasteiger partial charge in [0.25, 0.3) is 5.56 Å². The molecule has 0 unspecified atom stereocenters. The average molecular weight is 409 g/mol.